The molecule has 0 aliphatic heterocycles. The first-order chi connectivity index (χ1) is 8.06. The van der Waals surface area contributed by atoms with E-state index in [0.29, 0.717) is 16.6 Å². The van der Waals surface area contributed by atoms with Crippen molar-refractivity contribution in [3.63, 3.8) is 0 Å². The molecule has 2 N–H and O–H groups in total. The fourth-order valence-electron chi connectivity index (χ4n) is 1.41. The van der Waals surface area contributed by atoms with Crippen LogP contribution in [0, 0.1) is 13.8 Å². The third kappa shape index (κ3) is 2.59. The number of aromatic nitrogens is 2. The summed E-state index contributed by atoms with van der Waals surface area (Å²) in [6, 6.07) is 5.21. The summed E-state index contributed by atoms with van der Waals surface area (Å²) in [7, 11) is 0. The summed E-state index contributed by atoms with van der Waals surface area (Å²) in [5, 5.41) is 12.7. The van der Waals surface area contributed by atoms with Gasteiger partial charge in [-0.3, -0.25) is 0 Å². The minimum atomic E-state index is -0.961. The van der Waals surface area contributed by atoms with Gasteiger partial charge < -0.3 is 10.4 Å². The van der Waals surface area contributed by atoms with E-state index in [1.54, 1.807) is 19.1 Å². The predicted octanol–water partition coefficient (Wildman–Crippen LogP) is 2.60. The van der Waals surface area contributed by atoms with Gasteiger partial charge in [0.25, 0.3) is 0 Å². The van der Waals surface area contributed by atoms with Crippen LogP contribution < -0.4 is 5.32 Å². The van der Waals surface area contributed by atoms with Crippen molar-refractivity contribution in [2.75, 3.05) is 5.32 Å². The fourth-order valence-corrected chi connectivity index (χ4v) is 2.00. The number of hydrogen-bond donors (Lipinski definition) is 2. The Morgan fingerprint density at radius 3 is 2.76 bits per heavy atom. The molecule has 0 amide bonds. The molecular formula is C11H11N3O2S. The van der Waals surface area contributed by atoms with Gasteiger partial charge in [0.05, 0.1) is 11.3 Å². The Balaban J connectivity index is 2.35. The number of anilines is 2. The van der Waals surface area contributed by atoms with E-state index in [4.69, 9.17) is 5.11 Å². The summed E-state index contributed by atoms with van der Waals surface area (Å²) in [5.74, 6) is -0.293. The van der Waals surface area contributed by atoms with Crippen LogP contribution in [0.4, 0.5) is 10.8 Å². The highest BCUT2D eigenvalue weighted by Gasteiger charge is 2.11. The largest absolute Gasteiger partial charge is 0.478 e. The Morgan fingerprint density at radius 1 is 1.41 bits per heavy atom. The topological polar surface area (TPSA) is 75.1 Å². The molecule has 0 bridgehead atoms. The molecule has 5 nitrogen and oxygen atoms in total. The maximum Gasteiger partial charge on any atom is 0.337 e. The Kier molecular flexibility index (Phi) is 3.06. The Labute approximate surface area is 102 Å². The molecule has 0 saturated carbocycles. The number of hydrogen-bond acceptors (Lipinski definition) is 5. The second-order valence-corrected chi connectivity index (χ2v) is 4.38. The van der Waals surface area contributed by atoms with E-state index in [1.165, 1.54) is 11.5 Å². The number of nitrogens with one attached hydrogen (secondary N) is 1. The first-order valence-electron chi connectivity index (χ1n) is 4.97. The maximum atomic E-state index is 11.1. The Hall–Kier alpha value is -1.95. The van der Waals surface area contributed by atoms with E-state index in [0.717, 1.165) is 5.56 Å². The van der Waals surface area contributed by atoms with Gasteiger partial charge in [-0.2, -0.15) is 4.37 Å². The lowest BCUT2D eigenvalue weighted by Crippen LogP contribution is -2.03. The molecule has 0 aliphatic rings. The molecule has 2 aromatic rings. The molecule has 17 heavy (non-hydrogen) atoms. The van der Waals surface area contributed by atoms with E-state index in [2.05, 4.69) is 14.7 Å². The SMILES string of the molecule is Cc1ccc(Nc2nc(C)ns2)c(C(=O)O)c1. The minimum absolute atomic E-state index is 0.234. The molecule has 6 heteroatoms. The summed E-state index contributed by atoms with van der Waals surface area (Å²) in [4.78, 5) is 15.2. The van der Waals surface area contributed by atoms with Gasteiger partial charge in [0.1, 0.15) is 5.82 Å². The highest BCUT2D eigenvalue weighted by molar-refractivity contribution is 7.09. The lowest BCUT2D eigenvalue weighted by atomic mass is 10.1. The molecule has 0 atom stereocenters. The first kappa shape index (κ1) is 11.5. The predicted molar refractivity (Wildman–Crippen MR) is 66.1 cm³/mol. The van der Waals surface area contributed by atoms with Crippen molar-refractivity contribution < 1.29 is 9.90 Å². The van der Waals surface area contributed by atoms with Gasteiger partial charge in [0.15, 0.2) is 0 Å². The van der Waals surface area contributed by atoms with Crippen LogP contribution in [-0.4, -0.2) is 20.4 Å². The van der Waals surface area contributed by atoms with E-state index in [-0.39, 0.29) is 5.56 Å². The summed E-state index contributed by atoms with van der Waals surface area (Å²) < 4.78 is 4.03. The van der Waals surface area contributed by atoms with Crippen LogP contribution in [0.15, 0.2) is 18.2 Å². The molecule has 1 aromatic carbocycles. The molecule has 0 saturated heterocycles. The quantitative estimate of drug-likeness (QED) is 0.874. The van der Waals surface area contributed by atoms with E-state index in [9.17, 15) is 4.79 Å². The maximum absolute atomic E-state index is 11.1. The zero-order chi connectivity index (χ0) is 12.4. The van der Waals surface area contributed by atoms with Crippen LogP contribution in [-0.2, 0) is 0 Å². The molecule has 2 rings (SSSR count). The summed E-state index contributed by atoms with van der Waals surface area (Å²) in [6.45, 7) is 3.64. The number of aromatic carboxylic acids is 1. The fraction of sp³-hybridized carbons (Fsp3) is 0.182. The second kappa shape index (κ2) is 4.50. The molecule has 0 aliphatic carbocycles. The van der Waals surface area contributed by atoms with Crippen molar-refractivity contribution in [2.45, 2.75) is 13.8 Å². The molecule has 0 fully saturated rings. The van der Waals surface area contributed by atoms with Crippen molar-refractivity contribution in [2.24, 2.45) is 0 Å². The number of nitrogens with zero attached hydrogens (tertiary/aromatic N) is 2. The number of carbonyl (C=O) groups is 1. The van der Waals surface area contributed by atoms with Crippen molar-refractivity contribution in [3.05, 3.63) is 35.2 Å². The Bertz CT molecular complexity index is 566. The number of carboxylic acids is 1. The monoisotopic (exact) mass is 249 g/mol. The van der Waals surface area contributed by atoms with Crippen LogP contribution in [0.2, 0.25) is 0 Å². The Morgan fingerprint density at radius 2 is 2.18 bits per heavy atom. The third-order valence-electron chi connectivity index (χ3n) is 2.17. The molecule has 1 aromatic heterocycles. The standard InChI is InChI=1S/C11H11N3O2S/c1-6-3-4-9(8(5-6)10(15)16)13-11-12-7(2)14-17-11/h3-5H,1-2H3,(H,15,16)(H,12,13,14). The van der Waals surface area contributed by atoms with Crippen molar-refractivity contribution >= 4 is 28.3 Å². The average Bonchev–Trinajstić information content (AvgIpc) is 2.66. The average molecular weight is 249 g/mol. The number of aryl methyl sites for hydroxylation is 2. The number of benzene rings is 1. The van der Waals surface area contributed by atoms with Gasteiger partial charge >= 0.3 is 5.97 Å². The highest BCUT2D eigenvalue weighted by atomic mass is 32.1. The van der Waals surface area contributed by atoms with Gasteiger partial charge in [-0.05, 0) is 26.0 Å². The molecular weight excluding hydrogens is 238 g/mol. The van der Waals surface area contributed by atoms with Gasteiger partial charge in [0, 0.05) is 11.5 Å². The summed E-state index contributed by atoms with van der Waals surface area (Å²) in [5.41, 5.74) is 1.67. The van der Waals surface area contributed by atoms with Crippen molar-refractivity contribution in [1.82, 2.24) is 9.36 Å². The van der Waals surface area contributed by atoms with Crippen LogP contribution in [0.3, 0.4) is 0 Å². The van der Waals surface area contributed by atoms with Gasteiger partial charge in [-0.25, -0.2) is 9.78 Å². The zero-order valence-corrected chi connectivity index (χ0v) is 10.2. The van der Waals surface area contributed by atoms with E-state index in [1.807, 2.05) is 13.0 Å². The normalized spacial score (nSPS) is 10.2. The minimum Gasteiger partial charge on any atom is -0.478 e. The van der Waals surface area contributed by atoms with Gasteiger partial charge in [0.2, 0.25) is 5.13 Å². The zero-order valence-electron chi connectivity index (χ0n) is 9.39. The second-order valence-electron chi connectivity index (χ2n) is 3.63. The van der Waals surface area contributed by atoms with Crippen LogP contribution >= 0.6 is 11.5 Å². The molecule has 0 radical (unpaired) electrons. The van der Waals surface area contributed by atoms with Crippen LogP contribution in [0.25, 0.3) is 0 Å². The van der Waals surface area contributed by atoms with Crippen molar-refractivity contribution in [3.8, 4) is 0 Å². The van der Waals surface area contributed by atoms with Crippen LogP contribution in [0.5, 0.6) is 0 Å². The molecule has 0 spiro atoms. The van der Waals surface area contributed by atoms with E-state index >= 15 is 0 Å². The summed E-state index contributed by atoms with van der Waals surface area (Å²) >= 11 is 1.20. The lowest BCUT2D eigenvalue weighted by molar-refractivity contribution is 0.0698. The number of rotatable bonds is 3. The molecule has 88 valence electrons. The van der Waals surface area contributed by atoms with Crippen LogP contribution in [0.1, 0.15) is 21.7 Å². The smallest absolute Gasteiger partial charge is 0.337 e. The van der Waals surface area contributed by atoms with Gasteiger partial charge in [-0.1, -0.05) is 11.6 Å². The third-order valence-corrected chi connectivity index (χ3v) is 2.90. The first-order valence-corrected chi connectivity index (χ1v) is 5.75. The lowest BCUT2D eigenvalue weighted by Gasteiger charge is -2.07. The molecule has 0 unspecified atom stereocenters. The highest BCUT2D eigenvalue weighted by Crippen LogP contribution is 2.23. The molecule has 1 heterocycles. The van der Waals surface area contributed by atoms with E-state index < -0.39 is 5.97 Å². The number of carboxylic acid groups (broad SMARTS) is 1. The van der Waals surface area contributed by atoms with Crippen molar-refractivity contribution in [1.29, 1.82) is 0 Å². The van der Waals surface area contributed by atoms with Gasteiger partial charge in [-0.15, -0.1) is 0 Å². The summed E-state index contributed by atoms with van der Waals surface area (Å²) in [6.07, 6.45) is 0.